The van der Waals surface area contributed by atoms with Gasteiger partial charge in [0.25, 0.3) is 0 Å². The maximum atomic E-state index is 8.50. The van der Waals surface area contributed by atoms with E-state index in [-0.39, 0.29) is 6.61 Å². The van der Waals surface area contributed by atoms with E-state index in [4.69, 9.17) is 10.8 Å². The molecule has 4 nitrogen and oxygen atoms in total. The average molecular weight is 155 g/mol. The number of rotatable bonds is 4. The van der Waals surface area contributed by atoms with Gasteiger partial charge in [-0.3, -0.25) is 5.10 Å². The quantitative estimate of drug-likeness (QED) is 0.548. The van der Waals surface area contributed by atoms with Crippen molar-refractivity contribution >= 4 is 5.82 Å². The van der Waals surface area contributed by atoms with Crippen LogP contribution in [0.15, 0.2) is 6.07 Å². The summed E-state index contributed by atoms with van der Waals surface area (Å²) >= 11 is 0. The summed E-state index contributed by atoms with van der Waals surface area (Å²) in [7, 11) is 0. The molecule has 0 aliphatic heterocycles. The normalized spacial score (nSPS) is 10.3. The molecule has 11 heavy (non-hydrogen) atoms. The third kappa shape index (κ3) is 2.59. The van der Waals surface area contributed by atoms with Gasteiger partial charge in [-0.15, -0.1) is 0 Å². The molecule has 1 heterocycles. The highest BCUT2D eigenvalue weighted by atomic mass is 16.2. The summed E-state index contributed by atoms with van der Waals surface area (Å²) in [4.78, 5) is 0. The Morgan fingerprint density at radius 3 is 2.91 bits per heavy atom. The number of aromatic nitrogens is 2. The van der Waals surface area contributed by atoms with Crippen LogP contribution in [0, 0.1) is 0 Å². The van der Waals surface area contributed by atoms with Crippen LogP contribution in [0.5, 0.6) is 0 Å². The van der Waals surface area contributed by atoms with Crippen LogP contribution in [0.2, 0.25) is 0 Å². The summed E-state index contributed by atoms with van der Waals surface area (Å²) < 4.78 is 0. The number of aliphatic hydroxyl groups is 1. The summed E-state index contributed by atoms with van der Waals surface area (Å²) in [5, 5.41) is 15.1. The van der Waals surface area contributed by atoms with E-state index in [2.05, 4.69) is 10.2 Å². The Balaban J connectivity index is 2.27. The van der Waals surface area contributed by atoms with E-state index in [0.717, 1.165) is 25.0 Å². The van der Waals surface area contributed by atoms with Gasteiger partial charge in [0, 0.05) is 18.4 Å². The lowest BCUT2D eigenvalue weighted by atomic mass is 10.2. The molecule has 0 atom stereocenters. The molecule has 0 saturated heterocycles. The van der Waals surface area contributed by atoms with Crippen LogP contribution in [0.4, 0.5) is 5.82 Å². The van der Waals surface area contributed by atoms with E-state index >= 15 is 0 Å². The molecule has 4 heteroatoms. The fourth-order valence-corrected chi connectivity index (χ4v) is 0.935. The molecule has 0 aromatic carbocycles. The second kappa shape index (κ2) is 3.98. The third-order valence-corrected chi connectivity index (χ3v) is 1.50. The van der Waals surface area contributed by atoms with Crippen molar-refractivity contribution in [1.82, 2.24) is 10.2 Å². The highest BCUT2D eigenvalue weighted by Crippen LogP contribution is 2.04. The zero-order valence-electron chi connectivity index (χ0n) is 6.38. The predicted octanol–water partition coefficient (Wildman–Crippen LogP) is 0.307. The lowest BCUT2D eigenvalue weighted by Crippen LogP contribution is -1.88. The van der Waals surface area contributed by atoms with E-state index in [1.807, 2.05) is 6.07 Å². The predicted molar refractivity (Wildman–Crippen MR) is 43.0 cm³/mol. The van der Waals surface area contributed by atoms with Crippen molar-refractivity contribution in [1.29, 1.82) is 0 Å². The molecule has 0 aliphatic rings. The molecule has 1 aromatic heterocycles. The first kappa shape index (κ1) is 8.07. The maximum Gasteiger partial charge on any atom is 0.145 e. The van der Waals surface area contributed by atoms with E-state index < -0.39 is 0 Å². The molecule has 0 unspecified atom stereocenters. The SMILES string of the molecule is Nc1cc(CCCCO)[nH]n1. The van der Waals surface area contributed by atoms with Crippen molar-refractivity contribution in [3.05, 3.63) is 11.8 Å². The molecule has 0 fully saturated rings. The Hall–Kier alpha value is -1.03. The van der Waals surface area contributed by atoms with Crippen molar-refractivity contribution in [3.8, 4) is 0 Å². The van der Waals surface area contributed by atoms with Crippen LogP contribution >= 0.6 is 0 Å². The molecular weight excluding hydrogens is 142 g/mol. The van der Waals surface area contributed by atoms with Gasteiger partial charge in [0.2, 0.25) is 0 Å². The minimum absolute atomic E-state index is 0.254. The number of nitrogens with one attached hydrogen (secondary N) is 1. The summed E-state index contributed by atoms with van der Waals surface area (Å²) in [5.41, 5.74) is 6.43. The van der Waals surface area contributed by atoms with Crippen LogP contribution in [-0.2, 0) is 6.42 Å². The molecule has 0 bridgehead atoms. The van der Waals surface area contributed by atoms with Crippen molar-refractivity contribution in [2.45, 2.75) is 19.3 Å². The average Bonchev–Trinajstić information content (AvgIpc) is 2.37. The second-order valence-electron chi connectivity index (χ2n) is 2.50. The number of hydrogen-bond acceptors (Lipinski definition) is 3. The Labute approximate surface area is 65.4 Å². The number of nitrogens with two attached hydrogens (primary N) is 1. The van der Waals surface area contributed by atoms with Gasteiger partial charge in [0.05, 0.1) is 0 Å². The standard InChI is InChI=1S/C7H13N3O/c8-7-5-6(9-10-7)3-1-2-4-11/h5,11H,1-4H2,(H3,8,9,10). The molecule has 62 valence electrons. The number of aryl methyl sites for hydroxylation is 1. The fraction of sp³-hybridized carbons (Fsp3) is 0.571. The lowest BCUT2D eigenvalue weighted by Gasteiger charge is -1.93. The number of aliphatic hydroxyl groups excluding tert-OH is 1. The second-order valence-corrected chi connectivity index (χ2v) is 2.50. The first-order valence-electron chi connectivity index (χ1n) is 3.73. The van der Waals surface area contributed by atoms with Gasteiger partial charge < -0.3 is 10.8 Å². The summed E-state index contributed by atoms with van der Waals surface area (Å²) in [6.45, 7) is 0.254. The first-order valence-corrected chi connectivity index (χ1v) is 3.73. The first-order chi connectivity index (χ1) is 5.33. The Morgan fingerprint density at radius 1 is 1.55 bits per heavy atom. The van der Waals surface area contributed by atoms with Crippen LogP contribution in [0.25, 0.3) is 0 Å². The number of aromatic amines is 1. The molecule has 0 spiro atoms. The molecule has 1 rings (SSSR count). The Morgan fingerprint density at radius 2 is 2.36 bits per heavy atom. The van der Waals surface area contributed by atoms with Gasteiger partial charge >= 0.3 is 0 Å². The van der Waals surface area contributed by atoms with Crippen molar-refractivity contribution < 1.29 is 5.11 Å². The minimum atomic E-state index is 0.254. The largest absolute Gasteiger partial charge is 0.396 e. The highest BCUT2D eigenvalue weighted by Gasteiger charge is 1.95. The zero-order chi connectivity index (χ0) is 8.10. The summed E-state index contributed by atoms with van der Waals surface area (Å²) in [6, 6.07) is 1.82. The number of H-pyrrole nitrogens is 1. The molecule has 0 saturated carbocycles. The summed E-state index contributed by atoms with van der Waals surface area (Å²) in [5.74, 6) is 0.531. The van der Waals surface area contributed by atoms with Gasteiger partial charge in [-0.2, -0.15) is 5.10 Å². The fourth-order valence-electron chi connectivity index (χ4n) is 0.935. The zero-order valence-corrected chi connectivity index (χ0v) is 6.38. The van der Waals surface area contributed by atoms with Gasteiger partial charge in [-0.25, -0.2) is 0 Å². The smallest absolute Gasteiger partial charge is 0.145 e. The molecular formula is C7H13N3O. The van der Waals surface area contributed by atoms with Crippen LogP contribution in [0.3, 0.4) is 0 Å². The van der Waals surface area contributed by atoms with Gasteiger partial charge in [-0.05, 0) is 19.3 Å². The van der Waals surface area contributed by atoms with Crippen LogP contribution < -0.4 is 5.73 Å². The van der Waals surface area contributed by atoms with Gasteiger partial charge in [0.15, 0.2) is 0 Å². The van der Waals surface area contributed by atoms with E-state index in [1.165, 1.54) is 0 Å². The maximum absolute atomic E-state index is 8.50. The molecule has 0 radical (unpaired) electrons. The molecule has 4 N–H and O–H groups in total. The monoisotopic (exact) mass is 155 g/mol. The molecule has 1 aromatic rings. The molecule has 0 amide bonds. The highest BCUT2D eigenvalue weighted by molar-refractivity contribution is 5.28. The summed E-state index contributed by atoms with van der Waals surface area (Å²) in [6.07, 6.45) is 2.71. The van der Waals surface area contributed by atoms with E-state index in [0.29, 0.717) is 5.82 Å². The number of nitrogens with zero attached hydrogens (tertiary/aromatic N) is 1. The minimum Gasteiger partial charge on any atom is -0.396 e. The number of anilines is 1. The van der Waals surface area contributed by atoms with Crippen molar-refractivity contribution in [3.63, 3.8) is 0 Å². The van der Waals surface area contributed by atoms with E-state index in [1.54, 1.807) is 0 Å². The topological polar surface area (TPSA) is 74.9 Å². The Kier molecular flexibility index (Phi) is 2.92. The van der Waals surface area contributed by atoms with Crippen molar-refractivity contribution in [2.75, 3.05) is 12.3 Å². The third-order valence-electron chi connectivity index (χ3n) is 1.50. The lowest BCUT2D eigenvalue weighted by molar-refractivity contribution is 0.284. The van der Waals surface area contributed by atoms with Crippen LogP contribution in [-0.4, -0.2) is 21.9 Å². The Bertz CT molecular complexity index is 209. The number of unbranched alkanes of at least 4 members (excludes halogenated alkanes) is 1. The van der Waals surface area contributed by atoms with Gasteiger partial charge in [0.1, 0.15) is 5.82 Å². The van der Waals surface area contributed by atoms with Crippen molar-refractivity contribution in [2.24, 2.45) is 0 Å². The molecule has 0 aliphatic carbocycles. The number of nitrogen functional groups attached to an aromatic ring is 1. The number of hydrogen-bond donors (Lipinski definition) is 3. The van der Waals surface area contributed by atoms with Crippen LogP contribution in [0.1, 0.15) is 18.5 Å². The van der Waals surface area contributed by atoms with Gasteiger partial charge in [-0.1, -0.05) is 0 Å². The van der Waals surface area contributed by atoms with E-state index in [9.17, 15) is 0 Å².